The van der Waals surface area contributed by atoms with E-state index in [1.54, 1.807) is 12.1 Å². The highest BCUT2D eigenvalue weighted by Crippen LogP contribution is 2.49. The topological polar surface area (TPSA) is 94.1 Å². The third-order valence-electron chi connectivity index (χ3n) is 5.12. The molecule has 1 heterocycles. The van der Waals surface area contributed by atoms with Gasteiger partial charge in [-0.2, -0.15) is 0 Å². The number of hydrogen-bond acceptors (Lipinski definition) is 5. The Morgan fingerprint density at radius 1 is 1.07 bits per heavy atom. The minimum absolute atomic E-state index is 0.00403. The molecular formula is C22H23NO6. The normalized spacial score (nSPS) is 19.3. The number of carbonyl (C=O) groups is 2. The molecule has 2 aromatic carbocycles. The van der Waals surface area contributed by atoms with Crippen LogP contribution in [0.15, 0.2) is 42.5 Å². The molecule has 4 rings (SSSR count). The second kappa shape index (κ2) is 8.43. The smallest absolute Gasteiger partial charge is 0.341 e. The lowest BCUT2D eigenvalue weighted by molar-refractivity contribution is -0.139. The summed E-state index contributed by atoms with van der Waals surface area (Å²) in [5.41, 5.74) is 2.17. The Morgan fingerprint density at radius 3 is 2.59 bits per heavy atom. The van der Waals surface area contributed by atoms with Crippen LogP contribution in [-0.4, -0.2) is 43.3 Å². The number of benzene rings is 2. The second-order valence-corrected chi connectivity index (χ2v) is 7.22. The van der Waals surface area contributed by atoms with Gasteiger partial charge < -0.3 is 24.6 Å². The summed E-state index contributed by atoms with van der Waals surface area (Å²) in [6, 6.07) is 13.1. The van der Waals surface area contributed by atoms with Gasteiger partial charge in [0.2, 0.25) is 5.91 Å². The second-order valence-electron chi connectivity index (χ2n) is 7.22. The molecule has 1 amide bonds. The van der Waals surface area contributed by atoms with Gasteiger partial charge in [-0.15, -0.1) is 0 Å². The lowest BCUT2D eigenvalue weighted by Gasteiger charge is -2.18. The molecule has 0 spiro atoms. The summed E-state index contributed by atoms with van der Waals surface area (Å²) < 4.78 is 16.3. The van der Waals surface area contributed by atoms with Crippen molar-refractivity contribution in [2.75, 3.05) is 26.4 Å². The Balaban J connectivity index is 1.22. The Morgan fingerprint density at radius 2 is 1.83 bits per heavy atom. The first-order chi connectivity index (χ1) is 14.1. The van der Waals surface area contributed by atoms with Gasteiger partial charge in [-0.3, -0.25) is 4.79 Å². The van der Waals surface area contributed by atoms with E-state index in [2.05, 4.69) is 5.32 Å². The van der Waals surface area contributed by atoms with E-state index < -0.39 is 5.97 Å². The van der Waals surface area contributed by atoms with Crippen molar-refractivity contribution in [1.29, 1.82) is 0 Å². The van der Waals surface area contributed by atoms with Crippen molar-refractivity contribution >= 4 is 11.9 Å². The highest BCUT2D eigenvalue weighted by atomic mass is 16.6. The SMILES string of the molecule is O=C(O)COc1ccc(CCNC(=O)C2CC2c2ccc3c(c2)OCCO3)cc1. The van der Waals surface area contributed by atoms with E-state index in [1.165, 1.54) is 0 Å². The number of carboxylic acid groups (broad SMARTS) is 1. The molecule has 7 nitrogen and oxygen atoms in total. The maximum absolute atomic E-state index is 12.4. The summed E-state index contributed by atoms with van der Waals surface area (Å²) in [4.78, 5) is 22.9. The summed E-state index contributed by atoms with van der Waals surface area (Å²) >= 11 is 0. The van der Waals surface area contributed by atoms with Gasteiger partial charge in [0.15, 0.2) is 18.1 Å². The highest BCUT2D eigenvalue weighted by molar-refractivity contribution is 5.83. The van der Waals surface area contributed by atoms with Gasteiger partial charge in [0.25, 0.3) is 0 Å². The molecule has 1 saturated carbocycles. The Kier molecular flexibility index (Phi) is 5.55. The van der Waals surface area contributed by atoms with E-state index in [0.717, 1.165) is 29.0 Å². The van der Waals surface area contributed by atoms with Gasteiger partial charge in [-0.25, -0.2) is 4.79 Å². The molecule has 2 N–H and O–H groups in total. The lowest BCUT2D eigenvalue weighted by atomic mass is 10.1. The Bertz CT molecular complexity index is 895. The molecule has 1 aliphatic heterocycles. The predicted molar refractivity (Wildman–Crippen MR) is 105 cm³/mol. The first kappa shape index (κ1) is 19.1. The van der Waals surface area contributed by atoms with Crippen LogP contribution in [0.3, 0.4) is 0 Å². The zero-order valence-corrected chi connectivity index (χ0v) is 15.9. The maximum Gasteiger partial charge on any atom is 0.341 e. The molecule has 0 radical (unpaired) electrons. The van der Waals surface area contributed by atoms with Crippen LogP contribution in [-0.2, 0) is 16.0 Å². The van der Waals surface area contributed by atoms with Gasteiger partial charge >= 0.3 is 5.97 Å². The van der Waals surface area contributed by atoms with Crippen molar-refractivity contribution in [2.24, 2.45) is 5.92 Å². The van der Waals surface area contributed by atoms with E-state index in [-0.39, 0.29) is 24.3 Å². The monoisotopic (exact) mass is 397 g/mol. The van der Waals surface area contributed by atoms with Crippen LogP contribution in [0.25, 0.3) is 0 Å². The van der Waals surface area contributed by atoms with Crippen LogP contribution < -0.4 is 19.5 Å². The number of nitrogens with one attached hydrogen (secondary N) is 1. The number of aliphatic carboxylic acids is 1. The van der Waals surface area contributed by atoms with Crippen molar-refractivity contribution in [3.63, 3.8) is 0 Å². The summed E-state index contributed by atoms with van der Waals surface area (Å²) in [5, 5.41) is 11.6. The summed E-state index contributed by atoms with van der Waals surface area (Å²) in [6.45, 7) is 1.32. The van der Waals surface area contributed by atoms with Crippen LogP contribution in [0.5, 0.6) is 17.2 Å². The fourth-order valence-electron chi connectivity index (χ4n) is 3.50. The van der Waals surface area contributed by atoms with E-state index in [4.69, 9.17) is 19.3 Å². The molecule has 2 atom stereocenters. The largest absolute Gasteiger partial charge is 0.486 e. The van der Waals surface area contributed by atoms with Crippen LogP contribution in [0, 0.1) is 5.92 Å². The van der Waals surface area contributed by atoms with Gasteiger partial charge in [-0.1, -0.05) is 18.2 Å². The standard InChI is InChI=1S/C22H23NO6/c24-21(25)13-29-16-4-1-14(2-5-16)7-8-23-22(26)18-12-17(18)15-3-6-19-20(11-15)28-10-9-27-19/h1-6,11,17-18H,7-10,12-13H2,(H,23,26)(H,24,25). The molecule has 0 saturated heterocycles. The maximum atomic E-state index is 12.4. The zero-order chi connectivity index (χ0) is 20.2. The fraction of sp³-hybridized carbons (Fsp3) is 0.364. The van der Waals surface area contributed by atoms with E-state index >= 15 is 0 Å². The number of ether oxygens (including phenoxy) is 3. The molecular weight excluding hydrogens is 374 g/mol. The van der Waals surface area contributed by atoms with Gasteiger partial charge in [-0.05, 0) is 54.2 Å². The van der Waals surface area contributed by atoms with Crippen LogP contribution in [0.2, 0.25) is 0 Å². The van der Waals surface area contributed by atoms with E-state index in [0.29, 0.717) is 31.9 Å². The van der Waals surface area contributed by atoms with Crippen molar-refractivity contribution in [2.45, 2.75) is 18.8 Å². The van der Waals surface area contributed by atoms with Crippen LogP contribution >= 0.6 is 0 Å². The number of amides is 1. The van der Waals surface area contributed by atoms with Crippen molar-refractivity contribution in [1.82, 2.24) is 5.32 Å². The molecule has 1 fully saturated rings. The molecule has 1 aliphatic carbocycles. The number of hydrogen-bond donors (Lipinski definition) is 2. The molecule has 0 bridgehead atoms. The van der Waals surface area contributed by atoms with E-state index in [9.17, 15) is 9.59 Å². The van der Waals surface area contributed by atoms with Crippen molar-refractivity contribution in [3.8, 4) is 17.2 Å². The quantitative estimate of drug-likeness (QED) is 0.710. The van der Waals surface area contributed by atoms with Crippen molar-refractivity contribution < 1.29 is 28.9 Å². The molecule has 152 valence electrons. The van der Waals surface area contributed by atoms with Gasteiger partial charge in [0, 0.05) is 12.5 Å². The fourth-order valence-corrected chi connectivity index (χ4v) is 3.50. The summed E-state index contributed by atoms with van der Waals surface area (Å²) in [7, 11) is 0. The third kappa shape index (κ3) is 4.80. The molecule has 2 unspecified atom stereocenters. The average molecular weight is 397 g/mol. The zero-order valence-electron chi connectivity index (χ0n) is 15.9. The van der Waals surface area contributed by atoms with E-state index in [1.807, 2.05) is 30.3 Å². The highest BCUT2D eigenvalue weighted by Gasteiger charge is 2.44. The molecule has 2 aliphatic rings. The molecule has 2 aromatic rings. The van der Waals surface area contributed by atoms with Gasteiger partial charge in [0.05, 0.1) is 0 Å². The lowest BCUT2D eigenvalue weighted by Crippen LogP contribution is -2.27. The van der Waals surface area contributed by atoms with Crippen LogP contribution in [0.4, 0.5) is 0 Å². The van der Waals surface area contributed by atoms with Crippen molar-refractivity contribution in [3.05, 3.63) is 53.6 Å². The Labute approximate surface area is 168 Å². The number of fused-ring (bicyclic) bond motifs is 1. The number of carboxylic acids is 1. The molecule has 29 heavy (non-hydrogen) atoms. The van der Waals surface area contributed by atoms with Gasteiger partial charge in [0.1, 0.15) is 19.0 Å². The predicted octanol–water partition coefficient (Wildman–Crippen LogP) is 2.38. The Hall–Kier alpha value is -3.22. The number of rotatable bonds is 8. The average Bonchev–Trinajstić information content (AvgIpc) is 3.54. The first-order valence-corrected chi connectivity index (χ1v) is 9.71. The number of carbonyl (C=O) groups excluding carboxylic acids is 1. The molecule has 7 heteroatoms. The summed E-state index contributed by atoms with van der Waals surface area (Å²) in [5.74, 6) is 1.34. The van der Waals surface area contributed by atoms with Crippen LogP contribution in [0.1, 0.15) is 23.5 Å². The third-order valence-corrected chi connectivity index (χ3v) is 5.12. The first-order valence-electron chi connectivity index (χ1n) is 9.71. The molecule has 0 aromatic heterocycles. The minimum atomic E-state index is -1.01. The minimum Gasteiger partial charge on any atom is -0.486 e. The summed E-state index contributed by atoms with van der Waals surface area (Å²) in [6.07, 6.45) is 1.55.